The van der Waals surface area contributed by atoms with Crippen LogP contribution in [0.2, 0.25) is 0 Å². The van der Waals surface area contributed by atoms with Gasteiger partial charge in [0.1, 0.15) is 5.76 Å². The van der Waals surface area contributed by atoms with E-state index in [1.54, 1.807) is 17.6 Å². The maximum absolute atomic E-state index is 6.14. The van der Waals surface area contributed by atoms with Gasteiger partial charge in [0.25, 0.3) is 0 Å². The third kappa shape index (κ3) is 1.54. The van der Waals surface area contributed by atoms with Gasteiger partial charge in [0, 0.05) is 9.58 Å². The first-order valence-electron chi connectivity index (χ1n) is 5.12. The van der Waals surface area contributed by atoms with E-state index >= 15 is 0 Å². The molecule has 3 heteroatoms. The Labute approximate surface area is 97.3 Å². The molecule has 0 aliphatic carbocycles. The van der Waals surface area contributed by atoms with Gasteiger partial charge in [-0.3, -0.25) is 0 Å². The molecule has 0 saturated carbocycles. The van der Waals surface area contributed by atoms with Gasteiger partial charge in [0.15, 0.2) is 0 Å². The van der Waals surface area contributed by atoms with Crippen molar-refractivity contribution in [1.29, 1.82) is 0 Å². The number of hydrogen-bond acceptors (Lipinski definition) is 3. The van der Waals surface area contributed by atoms with Gasteiger partial charge < -0.3 is 10.2 Å². The van der Waals surface area contributed by atoms with E-state index in [0.29, 0.717) is 0 Å². The van der Waals surface area contributed by atoms with Crippen molar-refractivity contribution in [2.75, 3.05) is 0 Å². The van der Waals surface area contributed by atoms with Crippen molar-refractivity contribution >= 4 is 21.4 Å². The Morgan fingerprint density at radius 3 is 2.75 bits per heavy atom. The second-order valence-corrected chi connectivity index (χ2v) is 4.80. The lowest BCUT2D eigenvalue weighted by molar-refractivity contribution is 0.492. The minimum absolute atomic E-state index is 0.160. The number of thiophene rings is 1. The maximum Gasteiger partial charge on any atom is 0.125 e. The van der Waals surface area contributed by atoms with Gasteiger partial charge in [0.2, 0.25) is 0 Å². The van der Waals surface area contributed by atoms with E-state index in [4.69, 9.17) is 10.2 Å². The summed E-state index contributed by atoms with van der Waals surface area (Å²) < 4.78 is 6.59. The van der Waals surface area contributed by atoms with Crippen molar-refractivity contribution in [3.05, 3.63) is 59.4 Å². The highest BCUT2D eigenvalue weighted by molar-refractivity contribution is 7.19. The Hall–Kier alpha value is -1.58. The Bertz CT molecular complexity index is 564. The van der Waals surface area contributed by atoms with Crippen LogP contribution < -0.4 is 5.73 Å². The molecule has 16 heavy (non-hydrogen) atoms. The van der Waals surface area contributed by atoms with Gasteiger partial charge in [-0.1, -0.05) is 18.2 Å². The zero-order valence-corrected chi connectivity index (χ0v) is 9.41. The summed E-state index contributed by atoms with van der Waals surface area (Å²) in [5, 5.41) is 1.24. The van der Waals surface area contributed by atoms with E-state index in [-0.39, 0.29) is 6.04 Å². The minimum atomic E-state index is -0.160. The van der Waals surface area contributed by atoms with Crippen molar-refractivity contribution in [3.8, 4) is 0 Å². The molecule has 2 heterocycles. The molecule has 0 aliphatic heterocycles. The zero-order chi connectivity index (χ0) is 11.0. The third-order valence-electron chi connectivity index (χ3n) is 2.60. The molecule has 2 nitrogen and oxygen atoms in total. The Kier molecular flexibility index (Phi) is 2.27. The number of fused-ring (bicyclic) bond motifs is 1. The molecule has 0 amide bonds. The monoisotopic (exact) mass is 229 g/mol. The molecule has 0 saturated heterocycles. The van der Waals surface area contributed by atoms with Crippen LogP contribution in [0, 0.1) is 0 Å². The van der Waals surface area contributed by atoms with Crippen molar-refractivity contribution in [1.82, 2.24) is 0 Å². The normalized spacial score (nSPS) is 13.1. The van der Waals surface area contributed by atoms with Crippen molar-refractivity contribution < 1.29 is 4.42 Å². The summed E-state index contributed by atoms with van der Waals surface area (Å²) in [4.78, 5) is 1.14. The molecule has 1 atom stereocenters. The third-order valence-corrected chi connectivity index (χ3v) is 3.80. The van der Waals surface area contributed by atoms with E-state index in [0.717, 1.165) is 10.6 Å². The fourth-order valence-corrected chi connectivity index (χ4v) is 2.84. The second kappa shape index (κ2) is 3.77. The first-order valence-corrected chi connectivity index (χ1v) is 5.94. The Morgan fingerprint density at radius 1 is 1.12 bits per heavy atom. The van der Waals surface area contributed by atoms with E-state index in [1.807, 2.05) is 24.3 Å². The Morgan fingerprint density at radius 2 is 2.00 bits per heavy atom. The largest absolute Gasteiger partial charge is 0.467 e. The smallest absolute Gasteiger partial charge is 0.125 e. The van der Waals surface area contributed by atoms with Gasteiger partial charge in [-0.25, -0.2) is 0 Å². The molecule has 0 aliphatic rings. The fourth-order valence-electron chi connectivity index (χ4n) is 1.76. The summed E-state index contributed by atoms with van der Waals surface area (Å²) >= 11 is 1.72. The van der Waals surface area contributed by atoms with Crippen molar-refractivity contribution in [2.24, 2.45) is 5.73 Å². The molecule has 0 fully saturated rings. The molecule has 80 valence electrons. The molecule has 3 rings (SSSR count). The number of hydrogen-bond donors (Lipinski definition) is 1. The van der Waals surface area contributed by atoms with E-state index in [1.165, 1.54) is 10.1 Å². The highest BCUT2D eigenvalue weighted by atomic mass is 32.1. The molecule has 0 spiro atoms. The minimum Gasteiger partial charge on any atom is -0.467 e. The van der Waals surface area contributed by atoms with Gasteiger partial charge >= 0.3 is 0 Å². The zero-order valence-electron chi connectivity index (χ0n) is 8.59. The van der Waals surface area contributed by atoms with Crippen LogP contribution in [0.4, 0.5) is 0 Å². The first-order chi connectivity index (χ1) is 7.84. The molecule has 0 radical (unpaired) electrons. The summed E-state index contributed by atoms with van der Waals surface area (Å²) in [7, 11) is 0. The SMILES string of the molecule is NC(c1ccco1)c1cc2ccccc2s1. The highest BCUT2D eigenvalue weighted by Crippen LogP contribution is 2.31. The van der Waals surface area contributed by atoms with Crippen molar-refractivity contribution in [2.45, 2.75) is 6.04 Å². The molecule has 2 N–H and O–H groups in total. The number of rotatable bonds is 2. The second-order valence-electron chi connectivity index (χ2n) is 3.68. The standard InChI is InChI=1S/C13H11NOS/c14-13(10-5-3-7-15-10)12-8-9-4-1-2-6-11(9)16-12/h1-8,13H,14H2. The highest BCUT2D eigenvalue weighted by Gasteiger charge is 2.14. The summed E-state index contributed by atoms with van der Waals surface area (Å²) in [5.41, 5.74) is 6.14. The number of benzene rings is 1. The molecule has 1 unspecified atom stereocenters. The summed E-state index contributed by atoms with van der Waals surface area (Å²) in [6, 6.07) is 14.0. The number of nitrogens with two attached hydrogens (primary N) is 1. The molecule has 3 aromatic rings. The van der Waals surface area contributed by atoms with E-state index < -0.39 is 0 Å². The van der Waals surface area contributed by atoms with Crippen LogP contribution in [-0.2, 0) is 0 Å². The van der Waals surface area contributed by atoms with Crippen LogP contribution in [0.1, 0.15) is 16.7 Å². The van der Waals surface area contributed by atoms with Crippen LogP contribution in [0.5, 0.6) is 0 Å². The molecule has 1 aromatic carbocycles. The molecule has 0 bridgehead atoms. The first kappa shape index (κ1) is 9.63. The van der Waals surface area contributed by atoms with Crippen molar-refractivity contribution in [3.63, 3.8) is 0 Å². The predicted octanol–water partition coefficient (Wildman–Crippen LogP) is 3.54. The lowest BCUT2D eigenvalue weighted by Crippen LogP contribution is -2.08. The number of furan rings is 1. The van der Waals surface area contributed by atoms with Gasteiger partial charge in [-0.15, -0.1) is 11.3 Å². The predicted molar refractivity (Wildman–Crippen MR) is 66.6 cm³/mol. The average molecular weight is 229 g/mol. The average Bonchev–Trinajstić information content (AvgIpc) is 2.97. The van der Waals surface area contributed by atoms with Crippen LogP contribution in [0.3, 0.4) is 0 Å². The lowest BCUT2D eigenvalue weighted by Gasteiger charge is -2.04. The summed E-state index contributed by atoms with van der Waals surface area (Å²) in [5.74, 6) is 0.812. The maximum atomic E-state index is 6.14. The fraction of sp³-hybridized carbons (Fsp3) is 0.0769. The van der Waals surface area contributed by atoms with Gasteiger partial charge in [-0.2, -0.15) is 0 Å². The van der Waals surface area contributed by atoms with E-state index in [2.05, 4.69) is 18.2 Å². The van der Waals surface area contributed by atoms with Crippen LogP contribution in [0.25, 0.3) is 10.1 Å². The van der Waals surface area contributed by atoms with Gasteiger partial charge in [0.05, 0.1) is 12.3 Å². The summed E-state index contributed by atoms with van der Waals surface area (Å²) in [6.07, 6.45) is 1.66. The quantitative estimate of drug-likeness (QED) is 0.730. The Balaban J connectivity index is 2.06. The topological polar surface area (TPSA) is 39.2 Å². The van der Waals surface area contributed by atoms with E-state index in [9.17, 15) is 0 Å². The summed E-state index contributed by atoms with van der Waals surface area (Å²) in [6.45, 7) is 0. The molecular formula is C13H11NOS. The molecule has 2 aromatic heterocycles. The van der Waals surface area contributed by atoms with Crippen LogP contribution in [-0.4, -0.2) is 0 Å². The van der Waals surface area contributed by atoms with Gasteiger partial charge in [-0.05, 0) is 29.7 Å². The molecular weight excluding hydrogens is 218 g/mol. The van der Waals surface area contributed by atoms with Crippen LogP contribution in [0.15, 0.2) is 53.1 Å². The lowest BCUT2D eigenvalue weighted by atomic mass is 10.2. The van der Waals surface area contributed by atoms with Crippen LogP contribution >= 0.6 is 11.3 Å².